The number of halogens is 6. The summed E-state index contributed by atoms with van der Waals surface area (Å²) in [7, 11) is 3.41. The molecule has 0 radical (unpaired) electrons. The van der Waals surface area contributed by atoms with Crippen molar-refractivity contribution in [3.63, 3.8) is 0 Å². The molecule has 4 aromatic carbocycles. The van der Waals surface area contributed by atoms with Gasteiger partial charge in [-0.05, 0) is 83.6 Å². The predicted molar refractivity (Wildman–Crippen MR) is 292 cm³/mol. The number of aliphatic hydroxyl groups is 2. The van der Waals surface area contributed by atoms with Crippen LogP contribution in [-0.2, 0) is 52.3 Å². The molecule has 2 amide bonds. The smallest absolute Gasteiger partial charge is 0.396 e. The van der Waals surface area contributed by atoms with Gasteiger partial charge in [-0.2, -0.15) is 46.5 Å². The van der Waals surface area contributed by atoms with E-state index >= 15 is 0 Å². The molecular weight excluding hydrogens is 1100 g/mol. The van der Waals surface area contributed by atoms with Crippen LogP contribution in [0, 0.1) is 0 Å². The number of hydrogen-bond acceptors (Lipinski definition) is 17. The third-order valence-electron chi connectivity index (χ3n) is 12.1. The maximum atomic E-state index is 14.3. The van der Waals surface area contributed by atoms with E-state index in [1.807, 2.05) is 0 Å². The normalized spacial score (nSPS) is 11.6. The molecular formula is C54H54F6N14O7P+. The molecule has 8 aromatic rings. The predicted octanol–water partition coefficient (Wildman–Crippen LogP) is 10.6. The lowest BCUT2D eigenvalue weighted by Crippen LogP contribution is -2.23. The van der Waals surface area contributed by atoms with Crippen molar-refractivity contribution < 1.29 is 59.8 Å². The monoisotopic (exact) mass is 1160 g/mol. The Morgan fingerprint density at radius 2 is 0.951 bits per heavy atom. The van der Waals surface area contributed by atoms with E-state index in [2.05, 4.69) is 51.4 Å². The minimum absolute atomic E-state index is 0.0230. The molecule has 0 atom stereocenters. The summed E-state index contributed by atoms with van der Waals surface area (Å²) in [6, 6.07) is 22.0. The minimum Gasteiger partial charge on any atom is -0.396 e. The topological polar surface area (TPSA) is 252 Å². The third-order valence-corrected chi connectivity index (χ3v) is 12.8. The molecule has 28 heteroatoms. The van der Waals surface area contributed by atoms with Gasteiger partial charge in [0.15, 0.2) is 0 Å². The Hall–Kier alpha value is -8.88. The van der Waals surface area contributed by atoms with E-state index in [4.69, 9.17) is 9.05 Å². The molecule has 0 bridgehead atoms. The van der Waals surface area contributed by atoms with Gasteiger partial charge < -0.3 is 41.3 Å². The van der Waals surface area contributed by atoms with E-state index in [1.54, 1.807) is 107 Å². The second-order valence-electron chi connectivity index (χ2n) is 18.6. The zero-order valence-electron chi connectivity index (χ0n) is 44.3. The van der Waals surface area contributed by atoms with Crippen molar-refractivity contribution in [1.29, 1.82) is 0 Å². The fraction of sp³-hybridized carbons (Fsp3) is 0.259. The lowest BCUT2D eigenvalue weighted by atomic mass is 10.0. The fourth-order valence-electron chi connectivity index (χ4n) is 7.90. The largest absolute Gasteiger partial charge is 0.698 e. The van der Waals surface area contributed by atoms with E-state index in [-0.39, 0.29) is 60.8 Å². The number of carbonyl (C=O) groups is 2. The highest BCUT2D eigenvalue weighted by atomic mass is 31.1. The number of aryl methyl sites for hydroxylation is 2. The van der Waals surface area contributed by atoms with E-state index < -0.39 is 55.2 Å². The SMILES string of the molecule is CN(C)C(=O)c1cc(-c2cnn(CCCO)c2)ccc1Nc1nc(Nc2ccc(CO[P+](=O)OCc3ccc(Nc4ncc(C(F)(F)F)c(Nc5ccc(-c6cnn(CCCO)c6)cc5C(=O)N(C)C)n4)cc3)cc2)ncc1C(F)(F)F. The van der Waals surface area contributed by atoms with Crippen LogP contribution in [-0.4, -0.2) is 113 Å². The van der Waals surface area contributed by atoms with Crippen molar-refractivity contribution in [2.24, 2.45) is 0 Å². The number of rotatable bonds is 24. The summed E-state index contributed by atoms with van der Waals surface area (Å²) in [6.45, 7) is 0.575. The average Bonchev–Trinajstić information content (AvgIpc) is 4.16. The van der Waals surface area contributed by atoms with E-state index in [9.17, 15) is 50.7 Å². The van der Waals surface area contributed by atoms with Crippen LogP contribution >= 0.6 is 8.25 Å². The maximum absolute atomic E-state index is 14.3. The highest BCUT2D eigenvalue weighted by molar-refractivity contribution is 7.33. The summed E-state index contributed by atoms with van der Waals surface area (Å²) >= 11 is 0. The van der Waals surface area contributed by atoms with E-state index in [1.165, 1.54) is 50.1 Å². The van der Waals surface area contributed by atoms with Gasteiger partial charge in [0.05, 0.1) is 34.9 Å². The number of alkyl halides is 6. The number of carbonyl (C=O) groups excluding carboxylic acids is 2. The highest BCUT2D eigenvalue weighted by Crippen LogP contribution is 2.39. The van der Waals surface area contributed by atoms with Crippen LogP contribution in [0.1, 0.15) is 55.8 Å². The molecule has 428 valence electrons. The van der Waals surface area contributed by atoms with Crippen LogP contribution in [0.3, 0.4) is 0 Å². The van der Waals surface area contributed by atoms with Crippen LogP contribution in [0.5, 0.6) is 0 Å². The van der Waals surface area contributed by atoms with Crippen LogP contribution in [0.4, 0.5) is 72.6 Å². The number of nitrogens with zero attached hydrogens (tertiary/aromatic N) is 10. The van der Waals surface area contributed by atoms with Gasteiger partial charge in [0.2, 0.25) is 11.9 Å². The molecule has 0 aliphatic carbocycles. The van der Waals surface area contributed by atoms with Crippen molar-refractivity contribution in [3.8, 4) is 22.3 Å². The number of amides is 2. The Kier molecular flexibility index (Phi) is 18.9. The van der Waals surface area contributed by atoms with Crippen molar-refractivity contribution in [1.82, 2.24) is 49.3 Å². The molecule has 0 saturated heterocycles. The number of hydrogen-bond donors (Lipinski definition) is 6. The zero-order chi connectivity index (χ0) is 58.7. The molecule has 21 nitrogen and oxygen atoms in total. The number of aliphatic hydroxyl groups excluding tert-OH is 2. The molecule has 8 rings (SSSR count). The van der Waals surface area contributed by atoms with Crippen LogP contribution in [0.25, 0.3) is 22.3 Å². The molecule has 4 heterocycles. The van der Waals surface area contributed by atoms with Crippen LogP contribution in [0.2, 0.25) is 0 Å². The Bertz CT molecular complexity index is 3310. The quantitative estimate of drug-likeness (QED) is 0.0243. The van der Waals surface area contributed by atoms with Crippen LogP contribution in [0.15, 0.2) is 122 Å². The molecule has 82 heavy (non-hydrogen) atoms. The first-order valence-electron chi connectivity index (χ1n) is 25.0. The van der Waals surface area contributed by atoms with E-state index in [0.717, 1.165) is 0 Å². The summed E-state index contributed by atoms with van der Waals surface area (Å²) in [5.74, 6) is -2.62. The highest BCUT2D eigenvalue weighted by Gasteiger charge is 2.37. The number of aromatic nitrogens is 8. The number of benzene rings is 4. The number of nitrogens with one attached hydrogen (secondary N) is 4. The Balaban J connectivity index is 0.867. The molecule has 0 saturated carbocycles. The second kappa shape index (κ2) is 26.1. The zero-order valence-corrected chi connectivity index (χ0v) is 45.2. The van der Waals surface area contributed by atoms with Gasteiger partial charge in [0.1, 0.15) is 36.0 Å². The second-order valence-corrected chi connectivity index (χ2v) is 19.6. The lowest BCUT2D eigenvalue weighted by molar-refractivity contribution is -0.138. The van der Waals surface area contributed by atoms with Gasteiger partial charge >= 0.3 is 20.6 Å². The molecule has 4 aromatic heterocycles. The Morgan fingerprint density at radius 1 is 0.561 bits per heavy atom. The van der Waals surface area contributed by atoms with Crippen molar-refractivity contribution in [3.05, 3.63) is 155 Å². The minimum atomic E-state index is -4.87. The molecule has 0 aliphatic rings. The van der Waals surface area contributed by atoms with Gasteiger partial charge in [0.25, 0.3) is 11.8 Å². The first kappa shape index (κ1) is 59.2. The fourth-order valence-corrected chi connectivity index (χ4v) is 8.48. The summed E-state index contributed by atoms with van der Waals surface area (Å²) in [5.41, 5.74) is 2.21. The first-order chi connectivity index (χ1) is 39.1. The van der Waals surface area contributed by atoms with Crippen molar-refractivity contribution in [2.75, 3.05) is 62.7 Å². The summed E-state index contributed by atoms with van der Waals surface area (Å²) in [6.07, 6.45) is -0.915. The standard InChI is InChI=1S/C54H53F6N14O7P/c1-71(2)49(77)41-23-35(37-25-63-73(29-37)19-5-21-75)11-17-45(41)67-47-43(53(55,56)57)27-61-51(69-47)65-39-13-7-33(8-14-39)31-80-82(79)81-32-34-9-15-40(16-10-34)66-52-62-28-44(54(58,59)60)48(70-52)68-46-18-12-36(24-42(46)50(78)72(3)4)38-26-64-74(30-38)20-6-22-76/h7-18,23-30,75-76H,5-6,19-22,31-32H2,1-4H3,(H3-,61,62,65,66,67,68,69,70,77,78)/p+1. The lowest BCUT2D eigenvalue weighted by Gasteiger charge is -2.19. The van der Waals surface area contributed by atoms with Gasteiger partial charge in [-0.1, -0.05) is 36.4 Å². The maximum Gasteiger partial charge on any atom is 0.698 e. The van der Waals surface area contributed by atoms with E-state index in [0.29, 0.717) is 83.1 Å². The van der Waals surface area contributed by atoms with Gasteiger partial charge in [-0.15, -0.1) is 9.05 Å². The summed E-state index contributed by atoms with van der Waals surface area (Å²) in [5, 5.41) is 38.1. The summed E-state index contributed by atoms with van der Waals surface area (Å²) < 4.78 is 113. The molecule has 0 unspecified atom stereocenters. The van der Waals surface area contributed by atoms with Gasteiger partial charge in [0, 0.05) is 106 Å². The molecule has 0 spiro atoms. The molecule has 0 aliphatic heterocycles. The summed E-state index contributed by atoms with van der Waals surface area (Å²) in [4.78, 5) is 45.4. The molecule has 0 fully saturated rings. The Labute approximate surface area is 465 Å². The first-order valence-corrected chi connectivity index (χ1v) is 26.1. The van der Waals surface area contributed by atoms with Crippen LogP contribution < -0.4 is 21.3 Å². The molecule has 6 N–H and O–H groups in total. The van der Waals surface area contributed by atoms with Gasteiger partial charge in [-0.3, -0.25) is 19.0 Å². The Morgan fingerprint density at radius 3 is 1.30 bits per heavy atom. The number of anilines is 8. The van der Waals surface area contributed by atoms with Crippen molar-refractivity contribution >= 4 is 66.4 Å². The van der Waals surface area contributed by atoms with Gasteiger partial charge in [-0.25, -0.2) is 9.97 Å². The average molecular weight is 1160 g/mol. The third kappa shape index (κ3) is 15.3. The van der Waals surface area contributed by atoms with Crippen molar-refractivity contribution in [2.45, 2.75) is 51.5 Å².